The van der Waals surface area contributed by atoms with E-state index in [0.29, 0.717) is 6.54 Å². The average molecular weight is 302 g/mol. The molecule has 0 bridgehead atoms. The number of aromatic nitrogens is 1. The molecule has 2 rings (SSSR count). The molecular weight excluding hydrogens is 290 g/mol. The summed E-state index contributed by atoms with van der Waals surface area (Å²) in [5, 5.41) is 11.0. The predicted molar refractivity (Wildman–Crippen MR) is 73.7 cm³/mol. The van der Waals surface area contributed by atoms with Gasteiger partial charge in [0.2, 0.25) is 0 Å². The molecule has 0 aliphatic carbocycles. The van der Waals surface area contributed by atoms with Crippen LogP contribution in [0.5, 0.6) is 0 Å². The third kappa shape index (κ3) is 2.98. The Balaban J connectivity index is 2.37. The second kappa shape index (κ2) is 5.75. The molecule has 6 nitrogen and oxygen atoms in total. The molecule has 1 fully saturated rings. The summed E-state index contributed by atoms with van der Waals surface area (Å²) in [7, 11) is 0. The predicted octanol–water partition coefficient (Wildman–Crippen LogP) is 2.22. The van der Waals surface area contributed by atoms with Crippen molar-refractivity contribution in [2.75, 3.05) is 18.1 Å². The minimum atomic E-state index is -0.611. The van der Waals surface area contributed by atoms with Crippen molar-refractivity contribution in [3.05, 3.63) is 33.1 Å². The van der Waals surface area contributed by atoms with E-state index in [1.165, 1.54) is 6.07 Å². The molecule has 1 unspecified atom stereocenters. The van der Waals surface area contributed by atoms with Crippen molar-refractivity contribution in [3.8, 4) is 0 Å². The molecule has 1 aliphatic heterocycles. The Labute approximate surface area is 119 Å². The smallest absolute Gasteiger partial charge is 0.300 e. The molecule has 102 valence electrons. The summed E-state index contributed by atoms with van der Waals surface area (Å²) >= 11 is 7.50. The third-order valence-corrected chi connectivity index (χ3v) is 4.30. The maximum Gasteiger partial charge on any atom is 0.300 e. The first-order valence-electron chi connectivity index (χ1n) is 5.69. The van der Waals surface area contributed by atoms with Crippen molar-refractivity contribution >= 4 is 35.0 Å². The van der Waals surface area contributed by atoms with Gasteiger partial charge in [0.1, 0.15) is 16.9 Å². The normalized spacial score (nSPS) is 19.3. The van der Waals surface area contributed by atoms with Gasteiger partial charge in [0, 0.05) is 24.1 Å². The molecule has 19 heavy (non-hydrogen) atoms. The van der Waals surface area contributed by atoms with Crippen molar-refractivity contribution in [2.24, 2.45) is 0 Å². The van der Waals surface area contributed by atoms with Gasteiger partial charge in [-0.15, -0.1) is 0 Å². The van der Waals surface area contributed by atoms with E-state index >= 15 is 0 Å². The van der Waals surface area contributed by atoms with Crippen LogP contribution in [0.3, 0.4) is 0 Å². The zero-order valence-corrected chi connectivity index (χ0v) is 11.8. The number of nitrogens with zero attached hydrogens (tertiary/aromatic N) is 3. The maximum absolute atomic E-state index is 12.4. The lowest BCUT2D eigenvalue weighted by atomic mass is 10.1. The van der Waals surface area contributed by atoms with E-state index in [0.717, 1.165) is 17.7 Å². The van der Waals surface area contributed by atoms with E-state index in [4.69, 9.17) is 11.6 Å². The largest absolute Gasteiger partial charge is 0.334 e. The summed E-state index contributed by atoms with van der Waals surface area (Å²) in [5.74, 6) is 1.31. The Hall–Kier alpha value is -1.34. The van der Waals surface area contributed by atoms with E-state index in [-0.39, 0.29) is 28.4 Å². The van der Waals surface area contributed by atoms with Gasteiger partial charge in [0.05, 0.1) is 4.92 Å². The highest BCUT2D eigenvalue weighted by molar-refractivity contribution is 7.99. The van der Waals surface area contributed by atoms with Gasteiger partial charge >= 0.3 is 0 Å². The average Bonchev–Trinajstić information content (AvgIpc) is 2.38. The Morgan fingerprint density at radius 2 is 2.42 bits per heavy atom. The number of hydrogen-bond donors (Lipinski definition) is 0. The number of rotatable bonds is 2. The number of pyridine rings is 1. The minimum absolute atomic E-state index is 0.00347. The first-order chi connectivity index (χ1) is 9.00. The van der Waals surface area contributed by atoms with Crippen LogP contribution < -0.4 is 0 Å². The summed E-state index contributed by atoms with van der Waals surface area (Å²) in [6.45, 7) is 2.51. The minimum Gasteiger partial charge on any atom is -0.334 e. The molecule has 0 N–H and O–H groups in total. The number of carbonyl (C=O) groups excluding carboxylic acids is 1. The number of carbonyl (C=O) groups is 1. The highest BCUT2D eigenvalue weighted by Gasteiger charge is 2.30. The zero-order chi connectivity index (χ0) is 14.0. The summed E-state index contributed by atoms with van der Waals surface area (Å²) in [5.41, 5.74) is -0.302. The van der Waals surface area contributed by atoms with Crippen molar-refractivity contribution in [1.29, 1.82) is 0 Å². The zero-order valence-electron chi connectivity index (χ0n) is 10.2. The van der Waals surface area contributed by atoms with Gasteiger partial charge in [-0.3, -0.25) is 14.9 Å². The second-order valence-corrected chi connectivity index (χ2v) is 5.74. The summed E-state index contributed by atoms with van der Waals surface area (Å²) in [6.07, 6.45) is 1.03. The van der Waals surface area contributed by atoms with Crippen LogP contribution in [0.2, 0.25) is 5.15 Å². The molecule has 1 amide bonds. The van der Waals surface area contributed by atoms with Crippen LogP contribution in [-0.2, 0) is 0 Å². The van der Waals surface area contributed by atoms with Crippen LogP contribution in [-0.4, -0.2) is 44.8 Å². The van der Waals surface area contributed by atoms with Gasteiger partial charge in [-0.1, -0.05) is 11.6 Å². The van der Waals surface area contributed by atoms with Gasteiger partial charge in [-0.25, -0.2) is 4.98 Å². The van der Waals surface area contributed by atoms with E-state index in [9.17, 15) is 14.9 Å². The van der Waals surface area contributed by atoms with Crippen molar-refractivity contribution < 1.29 is 9.72 Å². The first kappa shape index (κ1) is 14.1. The van der Waals surface area contributed by atoms with E-state index in [2.05, 4.69) is 4.98 Å². The monoisotopic (exact) mass is 301 g/mol. The van der Waals surface area contributed by atoms with E-state index in [1.807, 2.05) is 6.92 Å². The van der Waals surface area contributed by atoms with Crippen LogP contribution >= 0.6 is 23.4 Å². The van der Waals surface area contributed by atoms with E-state index in [1.54, 1.807) is 16.7 Å². The molecule has 8 heteroatoms. The Bertz CT molecular complexity index is 526. The van der Waals surface area contributed by atoms with Crippen LogP contribution in [0, 0.1) is 10.1 Å². The fourth-order valence-corrected chi connectivity index (χ4v) is 3.09. The maximum atomic E-state index is 12.4. The number of halogens is 1. The molecule has 1 aromatic rings. The van der Waals surface area contributed by atoms with Crippen molar-refractivity contribution in [3.63, 3.8) is 0 Å². The lowest BCUT2D eigenvalue weighted by Crippen LogP contribution is -2.44. The molecule has 2 heterocycles. The molecule has 1 aliphatic rings. The lowest BCUT2D eigenvalue weighted by molar-refractivity contribution is -0.385. The van der Waals surface area contributed by atoms with Crippen molar-refractivity contribution in [2.45, 2.75) is 13.0 Å². The van der Waals surface area contributed by atoms with E-state index < -0.39 is 4.92 Å². The first-order valence-corrected chi connectivity index (χ1v) is 7.22. The van der Waals surface area contributed by atoms with Gasteiger partial charge in [-0.05, 0) is 13.0 Å². The molecule has 1 saturated heterocycles. The molecule has 0 aromatic carbocycles. The van der Waals surface area contributed by atoms with Crippen LogP contribution in [0.4, 0.5) is 5.69 Å². The fraction of sp³-hybridized carbons (Fsp3) is 0.455. The summed E-state index contributed by atoms with van der Waals surface area (Å²) < 4.78 is 0. The molecule has 1 aromatic heterocycles. The molecule has 0 saturated carbocycles. The second-order valence-electron chi connectivity index (χ2n) is 4.20. The van der Waals surface area contributed by atoms with Crippen molar-refractivity contribution in [1.82, 2.24) is 9.88 Å². The van der Waals surface area contributed by atoms with Crippen LogP contribution in [0.25, 0.3) is 0 Å². The Morgan fingerprint density at radius 3 is 3.05 bits per heavy atom. The van der Waals surface area contributed by atoms with Gasteiger partial charge in [0.25, 0.3) is 11.6 Å². The van der Waals surface area contributed by atoms with Gasteiger partial charge in [-0.2, -0.15) is 11.8 Å². The molecule has 1 atom stereocenters. The third-order valence-electron chi connectivity index (χ3n) is 2.91. The topological polar surface area (TPSA) is 76.3 Å². The highest BCUT2D eigenvalue weighted by Crippen LogP contribution is 2.25. The Morgan fingerprint density at radius 1 is 1.68 bits per heavy atom. The highest BCUT2D eigenvalue weighted by atomic mass is 35.5. The number of nitro groups is 1. The molecular formula is C11H12ClN3O3S. The Kier molecular flexibility index (Phi) is 4.26. The van der Waals surface area contributed by atoms with Gasteiger partial charge in [0.15, 0.2) is 0 Å². The lowest BCUT2D eigenvalue weighted by Gasteiger charge is -2.32. The molecule has 0 radical (unpaired) electrons. The van der Waals surface area contributed by atoms with Crippen LogP contribution in [0.15, 0.2) is 12.3 Å². The standard InChI is InChI=1S/C11H12ClN3O3S/c1-7-6-19-3-2-14(7)11(16)8-4-10(12)13-5-9(8)15(17)18/h4-5,7H,2-3,6H2,1H3. The molecule has 0 spiro atoms. The summed E-state index contributed by atoms with van der Waals surface area (Å²) in [4.78, 5) is 28.1. The fourth-order valence-electron chi connectivity index (χ4n) is 1.92. The van der Waals surface area contributed by atoms with Gasteiger partial charge < -0.3 is 4.90 Å². The number of hydrogen-bond acceptors (Lipinski definition) is 5. The summed E-state index contributed by atoms with van der Waals surface area (Å²) in [6, 6.07) is 1.31. The number of amides is 1. The SMILES string of the molecule is CC1CSCCN1C(=O)c1cc(Cl)ncc1[N+](=O)[O-]. The number of thioether (sulfide) groups is 1. The quantitative estimate of drug-likeness (QED) is 0.475. The van der Waals surface area contributed by atoms with Crippen LogP contribution in [0.1, 0.15) is 17.3 Å².